The number of nitrogens with one attached hydrogen (secondary N) is 1. The molecule has 0 unspecified atom stereocenters. The van der Waals surface area contributed by atoms with Gasteiger partial charge in [0.05, 0.1) is 5.56 Å². The molecule has 1 aromatic carbocycles. The summed E-state index contributed by atoms with van der Waals surface area (Å²) in [6, 6.07) is 9.35. The third-order valence-corrected chi connectivity index (χ3v) is 5.57. The summed E-state index contributed by atoms with van der Waals surface area (Å²) in [5.74, 6) is -1.00. The van der Waals surface area contributed by atoms with Crippen molar-refractivity contribution >= 4 is 28.4 Å². The van der Waals surface area contributed by atoms with Gasteiger partial charge < -0.3 is 9.84 Å². The van der Waals surface area contributed by atoms with Crippen LogP contribution in [0.3, 0.4) is 0 Å². The van der Waals surface area contributed by atoms with E-state index in [0.29, 0.717) is 5.00 Å². The molecule has 5 nitrogen and oxygen atoms in total. The monoisotopic (exact) mass is 359 g/mol. The van der Waals surface area contributed by atoms with Crippen molar-refractivity contribution in [2.24, 2.45) is 5.41 Å². The van der Waals surface area contributed by atoms with Crippen LogP contribution >= 0.6 is 11.3 Å². The Kier molecular flexibility index (Phi) is 4.81. The Balaban J connectivity index is 1.74. The Morgan fingerprint density at radius 1 is 1.28 bits per heavy atom. The van der Waals surface area contributed by atoms with Crippen LogP contribution in [0, 0.1) is 5.41 Å². The molecule has 2 aromatic rings. The highest BCUT2D eigenvalue weighted by Crippen LogP contribution is 2.43. The lowest BCUT2D eigenvalue weighted by molar-refractivity contribution is 0.0696. The van der Waals surface area contributed by atoms with Crippen molar-refractivity contribution < 1.29 is 19.4 Å². The second-order valence-corrected chi connectivity index (χ2v) is 8.15. The first-order chi connectivity index (χ1) is 11.9. The van der Waals surface area contributed by atoms with Crippen LogP contribution in [0.4, 0.5) is 9.80 Å². The maximum atomic E-state index is 12.1. The van der Waals surface area contributed by atoms with Gasteiger partial charge in [0.1, 0.15) is 11.6 Å². The molecule has 1 aliphatic carbocycles. The molecule has 1 aromatic heterocycles. The molecular weight excluding hydrogens is 338 g/mol. The Labute approximate surface area is 150 Å². The van der Waals surface area contributed by atoms with Crippen LogP contribution in [0.15, 0.2) is 30.3 Å². The van der Waals surface area contributed by atoms with Crippen molar-refractivity contribution in [3.63, 3.8) is 0 Å². The van der Waals surface area contributed by atoms with E-state index in [4.69, 9.17) is 4.74 Å². The van der Waals surface area contributed by atoms with Crippen LogP contribution < -0.4 is 5.32 Å². The molecule has 2 N–H and O–H groups in total. The molecule has 0 radical (unpaired) electrons. The van der Waals surface area contributed by atoms with E-state index in [1.54, 1.807) is 0 Å². The Morgan fingerprint density at radius 3 is 2.68 bits per heavy atom. The van der Waals surface area contributed by atoms with Gasteiger partial charge in [-0.1, -0.05) is 44.2 Å². The molecular formula is C19H21NO4S. The predicted octanol–water partition coefficient (Wildman–Crippen LogP) is 4.71. The number of ether oxygens (including phenoxy) is 1. The maximum Gasteiger partial charge on any atom is 0.412 e. The number of carboxylic acid groups (broad SMARTS) is 1. The molecule has 1 heterocycles. The smallest absolute Gasteiger partial charge is 0.412 e. The first-order valence-corrected chi connectivity index (χ1v) is 9.03. The lowest BCUT2D eigenvalue weighted by atomic mass is 9.77. The average Bonchev–Trinajstić information content (AvgIpc) is 2.89. The van der Waals surface area contributed by atoms with Crippen LogP contribution in [0.25, 0.3) is 0 Å². The van der Waals surface area contributed by atoms with Gasteiger partial charge >= 0.3 is 12.1 Å². The zero-order valence-electron chi connectivity index (χ0n) is 14.3. The van der Waals surface area contributed by atoms with Gasteiger partial charge in [0.2, 0.25) is 0 Å². The zero-order chi connectivity index (χ0) is 18.0. The number of rotatable bonds is 4. The van der Waals surface area contributed by atoms with Crippen molar-refractivity contribution in [1.82, 2.24) is 0 Å². The molecule has 25 heavy (non-hydrogen) atoms. The number of thiophene rings is 1. The van der Waals surface area contributed by atoms with E-state index in [2.05, 4.69) is 19.2 Å². The molecule has 132 valence electrons. The average molecular weight is 359 g/mol. The minimum Gasteiger partial charge on any atom is -0.478 e. The number of hydrogen-bond acceptors (Lipinski definition) is 4. The van der Waals surface area contributed by atoms with E-state index in [9.17, 15) is 14.7 Å². The summed E-state index contributed by atoms with van der Waals surface area (Å²) in [6.45, 7) is 4.50. The van der Waals surface area contributed by atoms with E-state index in [-0.39, 0.29) is 17.6 Å². The predicted molar refractivity (Wildman–Crippen MR) is 97.3 cm³/mol. The van der Waals surface area contributed by atoms with Crippen molar-refractivity contribution in [2.75, 3.05) is 5.32 Å². The third kappa shape index (κ3) is 4.02. The van der Waals surface area contributed by atoms with Gasteiger partial charge in [-0.05, 0) is 35.8 Å². The molecule has 6 heteroatoms. The number of anilines is 1. The van der Waals surface area contributed by atoms with Gasteiger partial charge in [-0.15, -0.1) is 11.3 Å². The molecule has 0 fully saturated rings. The second-order valence-electron chi connectivity index (χ2n) is 7.04. The van der Waals surface area contributed by atoms with Gasteiger partial charge in [-0.2, -0.15) is 0 Å². The number of aromatic carboxylic acids is 1. The van der Waals surface area contributed by atoms with E-state index >= 15 is 0 Å². The highest BCUT2D eigenvalue weighted by atomic mass is 32.1. The van der Waals surface area contributed by atoms with Crippen molar-refractivity contribution in [1.29, 1.82) is 0 Å². The fourth-order valence-electron chi connectivity index (χ4n) is 3.07. The molecule has 3 rings (SSSR count). The number of hydrogen-bond donors (Lipinski definition) is 2. The number of benzene rings is 1. The standard InChI is InChI=1S/C19H21NO4S/c1-19(2)9-8-13-14(10-19)25-16(15(13)17(21)22)20-18(23)24-11-12-6-4-3-5-7-12/h3-7H,8-11H2,1-2H3,(H,20,23)(H,21,22). The molecule has 0 bridgehead atoms. The maximum absolute atomic E-state index is 12.1. The largest absolute Gasteiger partial charge is 0.478 e. The fourth-order valence-corrected chi connectivity index (χ4v) is 4.56. The molecule has 0 saturated heterocycles. The second kappa shape index (κ2) is 6.88. The number of carbonyl (C=O) groups excluding carboxylic acids is 1. The summed E-state index contributed by atoms with van der Waals surface area (Å²) in [5.41, 5.74) is 2.10. The van der Waals surface area contributed by atoms with Crippen LogP contribution in [-0.2, 0) is 24.2 Å². The Bertz CT molecular complexity index is 795. The van der Waals surface area contributed by atoms with E-state index in [0.717, 1.165) is 35.3 Å². The van der Waals surface area contributed by atoms with Crippen molar-refractivity contribution in [2.45, 2.75) is 39.7 Å². The molecule has 0 saturated carbocycles. The van der Waals surface area contributed by atoms with E-state index in [1.165, 1.54) is 11.3 Å². The number of amides is 1. The third-order valence-electron chi connectivity index (χ3n) is 4.42. The van der Waals surface area contributed by atoms with Crippen molar-refractivity contribution in [3.8, 4) is 0 Å². The van der Waals surface area contributed by atoms with Gasteiger partial charge in [-0.25, -0.2) is 9.59 Å². The quantitative estimate of drug-likeness (QED) is 0.829. The SMILES string of the molecule is CC1(C)CCc2c(sc(NC(=O)OCc3ccccc3)c2C(=O)O)C1. The minimum atomic E-state index is -1.00. The summed E-state index contributed by atoms with van der Waals surface area (Å²) >= 11 is 1.35. The summed E-state index contributed by atoms with van der Waals surface area (Å²) in [6.07, 6.45) is 1.86. The topological polar surface area (TPSA) is 75.6 Å². The number of carboxylic acids is 1. The molecule has 0 atom stereocenters. The van der Waals surface area contributed by atoms with Gasteiger partial charge in [0.25, 0.3) is 0 Å². The lowest BCUT2D eigenvalue weighted by Gasteiger charge is -2.29. The number of carbonyl (C=O) groups is 2. The van der Waals surface area contributed by atoms with Crippen molar-refractivity contribution in [3.05, 3.63) is 51.9 Å². The zero-order valence-corrected chi connectivity index (χ0v) is 15.1. The first kappa shape index (κ1) is 17.5. The van der Waals surface area contributed by atoms with Crippen LogP contribution in [0.2, 0.25) is 0 Å². The summed E-state index contributed by atoms with van der Waals surface area (Å²) in [7, 11) is 0. The van der Waals surface area contributed by atoms with Gasteiger partial charge in [0, 0.05) is 4.88 Å². The Hall–Kier alpha value is -2.34. The lowest BCUT2D eigenvalue weighted by Crippen LogP contribution is -2.22. The highest BCUT2D eigenvalue weighted by molar-refractivity contribution is 7.17. The summed E-state index contributed by atoms with van der Waals surface area (Å²) in [4.78, 5) is 24.8. The van der Waals surface area contributed by atoms with Crippen LogP contribution in [0.5, 0.6) is 0 Å². The fraction of sp³-hybridized carbons (Fsp3) is 0.368. The molecule has 0 aliphatic heterocycles. The highest BCUT2D eigenvalue weighted by Gasteiger charge is 2.32. The van der Waals surface area contributed by atoms with Gasteiger partial charge in [0.15, 0.2) is 0 Å². The minimum absolute atomic E-state index is 0.146. The summed E-state index contributed by atoms with van der Waals surface area (Å²) in [5, 5.41) is 12.6. The Morgan fingerprint density at radius 2 is 2.00 bits per heavy atom. The van der Waals surface area contributed by atoms with E-state index < -0.39 is 12.1 Å². The van der Waals surface area contributed by atoms with Gasteiger partial charge in [-0.3, -0.25) is 5.32 Å². The molecule has 0 spiro atoms. The summed E-state index contributed by atoms with van der Waals surface area (Å²) < 4.78 is 5.20. The van der Waals surface area contributed by atoms with Crippen LogP contribution in [-0.4, -0.2) is 17.2 Å². The first-order valence-electron chi connectivity index (χ1n) is 8.21. The normalized spacial score (nSPS) is 15.3. The number of fused-ring (bicyclic) bond motifs is 1. The molecule has 1 aliphatic rings. The molecule has 1 amide bonds. The van der Waals surface area contributed by atoms with E-state index in [1.807, 2.05) is 30.3 Å². The van der Waals surface area contributed by atoms with Crippen LogP contribution in [0.1, 0.15) is 46.6 Å².